The first-order valence-corrected chi connectivity index (χ1v) is 16.6. The molecule has 1 aliphatic carbocycles. The molecule has 0 saturated carbocycles. The van der Waals surface area contributed by atoms with E-state index in [4.69, 9.17) is 39.5 Å². The molecule has 0 aromatic heterocycles. The maximum absolute atomic E-state index is 13.2. The summed E-state index contributed by atoms with van der Waals surface area (Å²) in [5.74, 6) is -0.395. The van der Waals surface area contributed by atoms with Crippen LogP contribution in [0.2, 0.25) is 15.1 Å². The summed E-state index contributed by atoms with van der Waals surface area (Å²) in [5.41, 5.74) is 3.31. The van der Waals surface area contributed by atoms with Crippen LogP contribution >= 0.6 is 34.8 Å². The number of allylic oxidation sites excluding steroid dienone is 2. The molecule has 4 rings (SSSR count). The third kappa shape index (κ3) is 7.96. The van der Waals surface area contributed by atoms with Crippen LogP contribution in [0.4, 0.5) is 5.69 Å². The lowest BCUT2D eigenvalue weighted by molar-refractivity contribution is -0.122. The van der Waals surface area contributed by atoms with E-state index in [0.29, 0.717) is 28.5 Å². The molecule has 11 heteroatoms. The molecule has 0 fully saturated rings. The number of nitrogens with zero attached hydrogens (tertiary/aromatic N) is 2. The Kier molecular flexibility index (Phi) is 11.0. The van der Waals surface area contributed by atoms with Gasteiger partial charge >= 0.3 is 0 Å². The van der Waals surface area contributed by atoms with Gasteiger partial charge in [0.1, 0.15) is 17.3 Å². The summed E-state index contributed by atoms with van der Waals surface area (Å²) in [6.07, 6.45) is 5.72. The van der Waals surface area contributed by atoms with Gasteiger partial charge in [0.25, 0.3) is 17.7 Å². The van der Waals surface area contributed by atoms with Crippen molar-refractivity contribution in [1.29, 1.82) is 0 Å². The summed E-state index contributed by atoms with van der Waals surface area (Å²) >= 11 is 18.5. The van der Waals surface area contributed by atoms with E-state index >= 15 is 0 Å². The molecule has 2 aliphatic rings. The van der Waals surface area contributed by atoms with E-state index in [1.807, 2.05) is 13.0 Å². The van der Waals surface area contributed by atoms with E-state index in [9.17, 15) is 14.4 Å². The van der Waals surface area contributed by atoms with Crippen LogP contribution in [-0.2, 0) is 25.2 Å². The number of anilines is 1. The highest BCUT2D eigenvalue weighted by Gasteiger charge is 2.31. The molecule has 2 N–H and O–H groups in total. The second-order valence-electron chi connectivity index (χ2n) is 13.0. The van der Waals surface area contributed by atoms with Gasteiger partial charge in [-0.3, -0.25) is 14.4 Å². The first-order valence-electron chi connectivity index (χ1n) is 15.4. The number of carbonyl (C=O) groups excluding carboxylic acids is 3. The minimum Gasteiger partial charge on any atom is -0.483 e. The maximum atomic E-state index is 13.2. The quantitative estimate of drug-likeness (QED) is 0.263. The number of hydrazone groups is 1. The highest BCUT2D eigenvalue weighted by atomic mass is 35.5. The molecule has 2 aromatic carbocycles. The zero-order valence-corrected chi connectivity index (χ0v) is 29.6. The predicted octanol–water partition coefficient (Wildman–Crippen LogP) is 8.23. The molecular formula is C35H41Cl3N4O4. The molecule has 2 aromatic rings. The van der Waals surface area contributed by atoms with Crippen molar-refractivity contribution in [2.75, 3.05) is 11.6 Å². The molecule has 246 valence electrons. The van der Waals surface area contributed by atoms with Crippen LogP contribution in [0.5, 0.6) is 5.75 Å². The van der Waals surface area contributed by atoms with Crippen LogP contribution in [0.25, 0.3) is 0 Å². The van der Waals surface area contributed by atoms with E-state index < -0.39 is 11.8 Å². The largest absolute Gasteiger partial charge is 0.483 e. The van der Waals surface area contributed by atoms with Crippen LogP contribution in [0.3, 0.4) is 0 Å². The van der Waals surface area contributed by atoms with Gasteiger partial charge in [-0.1, -0.05) is 101 Å². The summed E-state index contributed by atoms with van der Waals surface area (Å²) < 4.78 is 6.10. The zero-order valence-electron chi connectivity index (χ0n) is 27.3. The average molecular weight is 688 g/mol. The fourth-order valence-corrected chi connectivity index (χ4v) is 6.05. The third-order valence-electron chi connectivity index (χ3n) is 8.92. The van der Waals surface area contributed by atoms with Crippen molar-refractivity contribution < 1.29 is 19.1 Å². The minimum atomic E-state index is -0.460. The lowest BCUT2D eigenvalue weighted by Crippen LogP contribution is -2.34. The van der Waals surface area contributed by atoms with Crippen molar-refractivity contribution in [1.82, 2.24) is 10.6 Å². The standard InChI is InChI=1S/C35H41Cl3N4O4/c1-8-34(4,5)22-12-13-28(24(15-22)35(6,7)9-2)46-19-30(43)39-27-14-21(11-10-20(27)3)33(45)40-29-18-31(44)42(41-29)32-25(37)16-23(36)17-26(32)38/h11-17,20H,8-10,18-19H2,1-7H3,(H,39,43)(H,40,41,45). The van der Waals surface area contributed by atoms with Crippen molar-refractivity contribution in [2.45, 2.75) is 85.0 Å². The average Bonchev–Trinajstić information content (AvgIpc) is 3.35. The van der Waals surface area contributed by atoms with Crippen LogP contribution < -0.4 is 20.4 Å². The van der Waals surface area contributed by atoms with Crippen molar-refractivity contribution in [3.8, 4) is 5.75 Å². The Morgan fingerprint density at radius 3 is 2.28 bits per heavy atom. The normalized spacial score (nSPS) is 16.9. The molecule has 1 heterocycles. The number of carbonyl (C=O) groups is 3. The number of benzene rings is 2. The molecule has 3 amide bonds. The van der Waals surface area contributed by atoms with Gasteiger partial charge in [-0.05, 0) is 65.8 Å². The zero-order chi connectivity index (χ0) is 34.0. The number of ether oxygens (including phenoxy) is 1. The summed E-state index contributed by atoms with van der Waals surface area (Å²) in [5, 5.41) is 11.5. The van der Waals surface area contributed by atoms with Crippen molar-refractivity contribution >= 4 is 64.0 Å². The Labute approximate surface area is 286 Å². The smallest absolute Gasteiger partial charge is 0.262 e. The Balaban J connectivity index is 1.44. The van der Waals surface area contributed by atoms with Crippen LogP contribution in [-0.4, -0.2) is 30.2 Å². The Bertz CT molecular complexity index is 1620. The van der Waals surface area contributed by atoms with Crippen LogP contribution in [0.15, 0.2) is 58.9 Å². The van der Waals surface area contributed by atoms with Crippen molar-refractivity contribution in [2.24, 2.45) is 11.0 Å². The topological polar surface area (TPSA) is 100 Å². The first kappa shape index (κ1) is 35.5. The van der Waals surface area contributed by atoms with E-state index in [1.165, 1.54) is 17.7 Å². The SMILES string of the molecule is CCC(C)(C)c1ccc(OCC(=O)NC2=CC(C(=O)NC3=NN(c4c(Cl)cc(Cl)cc4Cl)C(=O)C3)=CCC2C)c(C(C)(C)CC)c1. The fraction of sp³-hybridized carbons (Fsp3) is 0.429. The highest BCUT2D eigenvalue weighted by molar-refractivity contribution is 6.42. The predicted molar refractivity (Wildman–Crippen MR) is 186 cm³/mol. The molecule has 0 bridgehead atoms. The highest BCUT2D eigenvalue weighted by Crippen LogP contribution is 2.39. The van der Waals surface area contributed by atoms with E-state index in [1.54, 1.807) is 12.2 Å². The molecule has 46 heavy (non-hydrogen) atoms. The molecule has 0 radical (unpaired) electrons. The van der Waals surface area contributed by atoms with Gasteiger partial charge in [-0.15, -0.1) is 0 Å². The number of amidine groups is 1. The molecular weight excluding hydrogens is 647 g/mol. The Morgan fingerprint density at radius 2 is 1.65 bits per heavy atom. The van der Waals surface area contributed by atoms with Gasteiger partial charge in [0, 0.05) is 21.9 Å². The monoisotopic (exact) mass is 686 g/mol. The molecule has 8 nitrogen and oxygen atoms in total. The Morgan fingerprint density at radius 1 is 1.00 bits per heavy atom. The number of nitrogens with one attached hydrogen (secondary N) is 2. The number of hydrogen-bond donors (Lipinski definition) is 2. The first-order chi connectivity index (χ1) is 21.6. The van der Waals surface area contributed by atoms with Gasteiger partial charge in [0.15, 0.2) is 6.61 Å². The fourth-order valence-electron chi connectivity index (χ4n) is 5.07. The number of halogens is 3. The summed E-state index contributed by atoms with van der Waals surface area (Å²) in [7, 11) is 0. The molecule has 1 aliphatic heterocycles. The lowest BCUT2D eigenvalue weighted by Gasteiger charge is -2.30. The number of amides is 3. The summed E-state index contributed by atoms with van der Waals surface area (Å²) in [6, 6.07) is 9.16. The summed E-state index contributed by atoms with van der Waals surface area (Å²) in [6.45, 7) is 14.9. The van der Waals surface area contributed by atoms with E-state index in [-0.39, 0.29) is 57.3 Å². The molecule has 0 saturated heterocycles. The van der Waals surface area contributed by atoms with E-state index in [2.05, 4.69) is 69.4 Å². The minimum absolute atomic E-state index is 0.0208. The second-order valence-corrected chi connectivity index (χ2v) is 14.3. The van der Waals surface area contributed by atoms with Gasteiger partial charge in [0.2, 0.25) is 0 Å². The number of rotatable bonds is 10. The third-order valence-corrected chi connectivity index (χ3v) is 9.72. The van der Waals surface area contributed by atoms with Gasteiger partial charge in [-0.2, -0.15) is 10.1 Å². The molecule has 0 spiro atoms. The van der Waals surface area contributed by atoms with Gasteiger partial charge in [-0.25, -0.2) is 0 Å². The maximum Gasteiger partial charge on any atom is 0.262 e. The van der Waals surface area contributed by atoms with Crippen LogP contribution in [0, 0.1) is 5.92 Å². The molecule has 1 unspecified atom stereocenters. The van der Waals surface area contributed by atoms with Crippen molar-refractivity contribution in [3.05, 3.63) is 79.9 Å². The molecule has 1 atom stereocenters. The van der Waals surface area contributed by atoms with Crippen molar-refractivity contribution in [3.63, 3.8) is 0 Å². The van der Waals surface area contributed by atoms with Crippen LogP contribution in [0.1, 0.15) is 85.3 Å². The second kappa shape index (κ2) is 14.2. The van der Waals surface area contributed by atoms with E-state index in [0.717, 1.165) is 23.4 Å². The summed E-state index contributed by atoms with van der Waals surface area (Å²) in [4.78, 5) is 39.0. The number of hydrogen-bond acceptors (Lipinski definition) is 5. The van der Waals surface area contributed by atoms with Gasteiger partial charge < -0.3 is 15.4 Å². The van der Waals surface area contributed by atoms with Gasteiger partial charge in [0.05, 0.1) is 16.5 Å². The lowest BCUT2D eigenvalue weighted by atomic mass is 9.76. The Hall–Kier alpha value is -3.33.